The molecule has 0 aliphatic heterocycles. The largest absolute Gasteiger partial charge is 0.462 e. The van der Waals surface area contributed by atoms with Crippen LogP contribution in [0.3, 0.4) is 0 Å². The summed E-state index contributed by atoms with van der Waals surface area (Å²) >= 11 is 0. The zero-order chi connectivity index (χ0) is 12.9. The van der Waals surface area contributed by atoms with E-state index in [1.807, 2.05) is 14.0 Å². The maximum atomic E-state index is 11.9. The summed E-state index contributed by atoms with van der Waals surface area (Å²) in [7, 11) is 1.96. The molecule has 3 nitrogen and oxygen atoms in total. The van der Waals surface area contributed by atoms with Gasteiger partial charge >= 0.3 is 5.97 Å². The van der Waals surface area contributed by atoms with E-state index in [1.165, 1.54) is 19.3 Å². The molecule has 1 unspecified atom stereocenters. The number of esters is 1. The maximum absolute atomic E-state index is 11.9. The van der Waals surface area contributed by atoms with E-state index in [-0.39, 0.29) is 17.6 Å². The second kappa shape index (κ2) is 6.39. The highest BCUT2D eigenvalue weighted by molar-refractivity contribution is 5.71. The van der Waals surface area contributed by atoms with Crippen molar-refractivity contribution in [3.63, 3.8) is 0 Å². The van der Waals surface area contributed by atoms with E-state index in [9.17, 15) is 4.79 Å². The van der Waals surface area contributed by atoms with Gasteiger partial charge in [0.2, 0.25) is 0 Å². The Kier molecular flexibility index (Phi) is 5.44. The third-order valence-corrected chi connectivity index (χ3v) is 4.08. The van der Waals surface area contributed by atoms with E-state index in [2.05, 4.69) is 19.2 Å². The van der Waals surface area contributed by atoms with E-state index in [4.69, 9.17) is 4.74 Å². The summed E-state index contributed by atoms with van der Waals surface area (Å²) in [6.07, 6.45) is 6.44. The van der Waals surface area contributed by atoms with Gasteiger partial charge in [-0.3, -0.25) is 4.79 Å². The Bertz CT molecular complexity index is 245. The van der Waals surface area contributed by atoms with Crippen LogP contribution < -0.4 is 5.32 Å². The van der Waals surface area contributed by atoms with Crippen molar-refractivity contribution in [1.82, 2.24) is 5.32 Å². The number of carbonyl (C=O) groups is 1. The first-order valence-corrected chi connectivity index (χ1v) is 6.87. The number of hydrogen-bond acceptors (Lipinski definition) is 3. The Hall–Kier alpha value is -0.570. The van der Waals surface area contributed by atoms with Crippen molar-refractivity contribution in [1.29, 1.82) is 0 Å². The number of carbonyl (C=O) groups excluding carboxylic acids is 1. The van der Waals surface area contributed by atoms with Crippen molar-refractivity contribution in [3.8, 4) is 0 Å². The lowest BCUT2D eigenvalue weighted by atomic mass is 9.79. The molecule has 0 radical (unpaired) electrons. The van der Waals surface area contributed by atoms with Crippen LogP contribution in [0, 0.1) is 5.92 Å². The molecular weight excluding hydrogens is 214 g/mol. The van der Waals surface area contributed by atoms with Crippen molar-refractivity contribution in [2.75, 3.05) is 7.05 Å². The lowest BCUT2D eigenvalue weighted by Crippen LogP contribution is -2.47. The SMILES string of the molecule is CNC1(CC(=O)OC(C)C(C)C)CCCCC1. The maximum Gasteiger partial charge on any atom is 0.307 e. The summed E-state index contributed by atoms with van der Waals surface area (Å²) in [5, 5.41) is 3.35. The highest BCUT2D eigenvalue weighted by Crippen LogP contribution is 2.31. The molecule has 1 aliphatic carbocycles. The smallest absolute Gasteiger partial charge is 0.307 e. The molecule has 1 fully saturated rings. The van der Waals surface area contributed by atoms with Crippen molar-refractivity contribution < 1.29 is 9.53 Å². The molecule has 0 heterocycles. The van der Waals surface area contributed by atoms with E-state index >= 15 is 0 Å². The van der Waals surface area contributed by atoms with Crippen LogP contribution in [0.1, 0.15) is 59.3 Å². The molecule has 3 heteroatoms. The average Bonchev–Trinajstić information content (AvgIpc) is 2.29. The normalized spacial score (nSPS) is 21.2. The topological polar surface area (TPSA) is 38.3 Å². The number of ether oxygens (including phenoxy) is 1. The molecule has 1 atom stereocenters. The summed E-state index contributed by atoms with van der Waals surface area (Å²) in [6.45, 7) is 6.12. The summed E-state index contributed by atoms with van der Waals surface area (Å²) in [4.78, 5) is 11.9. The van der Waals surface area contributed by atoms with E-state index in [1.54, 1.807) is 0 Å². The lowest BCUT2D eigenvalue weighted by molar-refractivity contribution is -0.152. The van der Waals surface area contributed by atoms with Crippen LogP contribution >= 0.6 is 0 Å². The fourth-order valence-electron chi connectivity index (χ4n) is 2.41. The van der Waals surface area contributed by atoms with Crippen molar-refractivity contribution in [2.24, 2.45) is 5.92 Å². The van der Waals surface area contributed by atoms with Crippen LogP contribution in [0.2, 0.25) is 0 Å². The minimum Gasteiger partial charge on any atom is -0.462 e. The van der Waals surface area contributed by atoms with Crippen LogP contribution in [-0.4, -0.2) is 24.7 Å². The molecule has 100 valence electrons. The summed E-state index contributed by atoms with van der Waals surface area (Å²) in [6, 6.07) is 0. The number of rotatable bonds is 5. The molecule has 0 spiro atoms. The minimum absolute atomic E-state index is 0.00790. The molecule has 0 saturated heterocycles. The molecule has 1 N–H and O–H groups in total. The number of hydrogen-bond donors (Lipinski definition) is 1. The van der Waals surface area contributed by atoms with Crippen LogP contribution in [0.4, 0.5) is 0 Å². The first-order chi connectivity index (χ1) is 7.99. The van der Waals surface area contributed by atoms with Gasteiger partial charge in [0.25, 0.3) is 0 Å². The fourth-order valence-corrected chi connectivity index (χ4v) is 2.41. The van der Waals surface area contributed by atoms with E-state index in [0.717, 1.165) is 12.8 Å². The Morgan fingerprint density at radius 3 is 2.29 bits per heavy atom. The first kappa shape index (κ1) is 14.5. The third-order valence-electron chi connectivity index (χ3n) is 4.08. The summed E-state index contributed by atoms with van der Waals surface area (Å²) in [5.41, 5.74) is -0.00790. The number of nitrogens with one attached hydrogen (secondary N) is 1. The highest BCUT2D eigenvalue weighted by Gasteiger charge is 2.33. The van der Waals surface area contributed by atoms with E-state index < -0.39 is 0 Å². The Morgan fingerprint density at radius 2 is 1.82 bits per heavy atom. The molecule has 0 aromatic heterocycles. The van der Waals surface area contributed by atoms with Gasteiger partial charge in [0, 0.05) is 5.54 Å². The van der Waals surface area contributed by atoms with Gasteiger partial charge in [-0.15, -0.1) is 0 Å². The van der Waals surface area contributed by atoms with Crippen LogP contribution in [0.15, 0.2) is 0 Å². The van der Waals surface area contributed by atoms with Crippen LogP contribution in [-0.2, 0) is 9.53 Å². The van der Waals surface area contributed by atoms with Gasteiger partial charge in [0.1, 0.15) is 6.10 Å². The van der Waals surface area contributed by atoms with Gasteiger partial charge in [0.05, 0.1) is 6.42 Å². The summed E-state index contributed by atoms with van der Waals surface area (Å²) in [5.74, 6) is 0.332. The second-order valence-electron chi connectivity index (χ2n) is 5.71. The Morgan fingerprint density at radius 1 is 1.24 bits per heavy atom. The molecular formula is C14H27NO2. The quantitative estimate of drug-likeness (QED) is 0.752. The molecule has 1 saturated carbocycles. The van der Waals surface area contributed by atoms with Gasteiger partial charge in [-0.05, 0) is 32.7 Å². The van der Waals surface area contributed by atoms with Gasteiger partial charge in [-0.1, -0.05) is 33.1 Å². The standard InChI is InChI=1S/C14H27NO2/c1-11(2)12(3)17-13(16)10-14(15-4)8-6-5-7-9-14/h11-12,15H,5-10H2,1-4H3. The first-order valence-electron chi connectivity index (χ1n) is 6.87. The predicted octanol–water partition coefficient (Wildman–Crippen LogP) is 2.89. The molecule has 1 rings (SSSR count). The van der Waals surface area contributed by atoms with Gasteiger partial charge in [-0.25, -0.2) is 0 Å². The summed E-state index contributed by atoms with van der Waals surface area (Å²) < 4.78 is 5.46. The predicted molar refractivity (Wildman–Crippen MR) is 69.9 cm³/mol. The molecule has 0 amide bonds. The molecule has 17 heavy (non-hydrogen) atoms. The average molecular weight is 241 g/mol. The lowest BCUT2D eigenvalue weighted by Gasteiger charge is -2.36. The molecule has 0 bridgehead atoms. The Balaban J connectivity index is 2.47. The van der Waals surface area contributed by atoms with Crippen molar-refractivity contribution in [2.45, 2.75) is 70.9 Å². The fraction of sp³-hybridized carbons (Fsp3) is 0.929. The van der Waals surface area contributed by atoms with E-state index in [0.29, 0.717) is 12.3 Å². The van der Waals surface area contributed by atoms with Crippen molar-refractivity contribution >= 4 is 5.97 Å². The molecule has 1 aliphatic rings. The monoisotopic (exact) mass is 241 g/mol. The minimum atomic E-state index is -0.0533. The highest BCUT2D eigenvalue weighted by atomic mass is 16.5. The second-order valence-corrected chi connectivity index (χ2v) is 5.71. The van der Waals surface area contributed by atoms with Crippen LogP contribution in [0.25, 0.3) is 0 Å². The van der Waals surface area contributed by atoms with Gasteiger partial charge < -0.3 is 10.1 Å². The zero-order valence-corrected chi connectivity index (χ0v) is 11.7. The molecule has 0 aromatic rings. The Labute approximate surface area is 105 Å². The van der Waals surface area contributed by atoms with Gasteiger partial charge in [-0.2, -0.15) is 0 Å². The van der Waals surface area contributed by atoms with Crippen LogP contribution in [0.5, 0.6) is 0 Å². The van der Waals surface area contributed by atoms with Gasteiger partial charge in [0.15, 0.2) is 0 Å². The third kappa shape index (κ3) is 4.30. The van der Waals surface area contributed by atoms with Crippen molar-refractivity contribution in [3.05, 3.63) is 0 Å². The molecule has 0 aromatic carbocycles. The zero-order valence-electron chi connectivity index (χ0n) is 11.7.